The lowest BCUT2D eigenvalue weighted by atomic mass is 9.75. The number of urea groups is 1. The fourth-order valence-electron chi connectivity index (χ4n) is 3.82. The topological polar surface area (TPSA) is 79.9 Å². The number of ether oxygens (including phenoxy) is 2. The van der Waals surface area contributed by atoms with Gasteiger partial charge in [0.2, 0.25) is 5.91 Å². The molecule has 1 aromatic rings. The minimum absolute atomic E-state index is 0.00530. The van der Waals surface area contributed by atoms with Crippen molar-refractivity contribution >= 4 is 11.9 Å². The van der Waals surface area contributed by atoms with Crippen LogP contribution in [0, 0.1) is 0 Å². The molecule has 0 aromatic heterocycles. The van der Waals surface area contributed by atoms with E-state index in [1.807, 2.05) is 12.1 Å². The van der Waals surface area contributed by atoms with E-state index in [0.717, 1.165) is 11.1 Å². The fraction of sp³-hybridized carbons (Fsp3) is 0.474. The molecular formula is C19H25N3O4. The molecule has 0 bridgehead atoms. The summed E-state index contributed by atoms with van der Waals surface area (Å²) in [7, 11) is 3.19. The Morgan fingerprint density at radius 2 is 1.96 bits per heavy atom. The van der Waals surface area contributed by atoms with Gasteiger partial charge in [-0.25, -0.2) is 4.79 Å². The lowest BCUT2D eigenvalue weighted by Crippen LogP contribution is -2.57. The molecule has 1 aromatic carbocycles. The van der Waals surface area contributed by atoms with Gasteiger partial charge in [0.15, 0.2) is 11.5 Å². The summed E-state index contributed by atoms with van der Waals surface area (Å²) in [6.45, 7) is 5.18. The molecule has 26 heavy (non-hydrogen) atoms. The first-order valence-corrected chi connectivity index (χ1v) is 8.73. The molecule has 1 saturated heterocycles. The molecule has 140 valence electrons. The average molecular weight is 359 g/mol. The van der Waals surface area contributed by atoms with Gasteiger partial charge in [-0.1, -0.05) is 6.08 Å². The Morgan fingerprint density at radius 1 is 1.31 bits per heavy atom. The third-order valence-corrected chi connectivity index (χ3v) is 5.16. The molecule has 7 heteroatoms. The number of hydrogen-bond acceptors (Lipinski definition) is 4. The molecule has 0 aliphatic carbocycles. The number of hydrogen-bond donors (Lipinski definition) is 2. The summed E-state index contributed by atoms with van der Waals surface area (Å²) >= 11 is 0. The van der Waals surface area contributed by atoms with E-state index in [2.05, 4.69) is 17.2 Å². The number of carbonyl (C=O) groups excluding carboxylic acids is 2. The Bertz CT molecular complexity index is 724. The van der Waals surface area contributed by atoms with Gasteiger partial charge in [0.05, 0.1) is 26.2 Å². The third kappa shape index (κ3) is 3.21. The molecule has 0 atom stereocenters. The number of carbonyl (C=O) groups is 2. The number of fused-ring (bicyclic) bond motifs is 2. The Kier molecular flexibility index (Phi) is 5.06. The maximum absolute atomic E-state index is 12.3. The second-order valence-corrected chi connectivity index (χ2v) is 6.63. The van der Waals surface area contributed by atoms with E-state index in [0.29, 0.717) is 50.4 Å². The first-order valence-electron chi connectivity index (χ1n) is 8.73. The van der Waals surface area contributed by atoms with Crippen molar-refractivity contribution in [3.05, 3.63) is 35.9 Å². The predicted molar refractivity (Wildman–Crippen MR) is 97.5 cm³/mol. The number of rotatable bonds is 4. The van der Waals surface area contributed by atoms with E-state index < -0.39 is 5.54 Å². The van der Waals surface area contributed by atoms with Crippen LogP contribution in [0.5, 0.6) is 11.5 Å². The monoisotopic (exact) mass is 359 g/mol. The van der Waals surface area contributed by atoms with Gasteiger partial charge in [-0.05, 0) is 36.1 Å². The summed E-state index contributed by atoms with van der Waals surface area (Å²) in [5, 5.41) is 5.97. The number of amides is 3. The summed E-state index contributed by atoms with van der Waals surface area (Å²) in [5.41, 5.74) is 1.54. The van der Waals surface area contributed by atoms with Crippen LogP contribution in [-0.4, -0.2) is 50.7 Å². The SMILES string of the molecule is C=CCNC(=O)N1CCC2(CC1)NC(=O)Cc1cc(OC)c(OC)cc12. The molecule has 1 fully saturated rings. The van der Waals surface area contributed by atoms with Crippen LogP contribution in [0.1, 0.15) is 24.0 Å². The summed E-state index contributed by atoms with van der Waals surface area (Å²) in [4.78, 5) is 26.3. The predicted octanol–water partition coefficient (Wildman–Crippen LogP) is 1.56. The van der Waals surface area contributed by atoms with Gasteiger partial charge in [0.1, 0.15) is 0 Å². The fourth-order valence-corrected chi connectivity index (χ4v) is 3.82. The van der Waals surface area contributed by atoms with Crippen molar-refractivity contribution in [1.82, 2.24) is 15.5 Å². The molecule has 0 saturated carbocycles. The molecular weight excluding hydrogens is 334 g/mol. The van der Waals surface area contributed by atoms with E-state index in [1.165, 1.54) is 0 Å². The number of nitrogens with zero attached hydrogens (tertiary/aromatic N) is 1. The van der Waals surface area contributed by atoms with E-state index >= 15 is 0 Å². The Labute approximate surface area is 153 Å². The largest absolute Gasteiger partial charge is 0.493 e. The van der Waals surface area contributed by atoms with Crippen molar-refractivity contribution in [2.75, 3.05) is 33.9 Å². The van der Waals surface area contributed by atoms with Crippen LogP contribution in [0.3, 0.4) is 0 Å². The van der Waals surface area contributed by atoms with Crippen LogP contribution in [0.15, 0.2) is 24.8 Å². The molecule has 3 amide bonds. The molecule has 2 aliphatic rings. The summed E-state index contributed by atoms with van der Waals surface area (Å²) in [5.74, 6) is 1.26. The highest BCUT2D eigenvalue weighted by Crippen LogP contribution is 2.42. The molecule has 2 N–H and O–H groups in total. The molecule has 7 nitrogen and oxygen atoms in total. The first kappa shape index (κ1) is 18.1. The number of likely N-dealkylation sites (tertiary alicyclic amines) is 1. The van der Waals surface area contributed by atoms with Crippen LogP contribution in [-0.2, 0) is 16.8 Å². The van der Waals surface area contributed by atoms with Gasteiger partial charge < -0.3 is 25.0 Å². The van der Waals surface area contributed by atoms with Crippen LogP contribution < -0.4 is 20.1 Å². The van der Waals surface area contributed by atoms with E-state index in [-0.39, 0.29) is 11.9 Å². The van der Waals surface area contributed by atoms with Crippen molar-refractivity contribution in [3.63, 3.8) is 0 Å². The highest BCUT2D eigenvalue weighted by atomic mass is 16.5. The molecule has 2 heterocycles. The minimum Gasteiger partial charge on any atom is -0.493 e. The molecule has 1 spiro atoms. The Morgan fingerprint density at radius 3 is 2.58 bits per heavy atom. The number of methoxy groups -OCH3 is 2. The maximum Gasteiger partial charge on any atom is 0.317 e. The second kappa shape index (κ2) is 7.27. The average Bonchev–Trinajstić information content (AvgIpc) is 2.65. The smallest absolute Gasteiger partial charge is 0.317 e. The van der Waals surface area contributed by atoms with Crippen molar-refractivity contribution in [2.24, 2.45) is 0 Å². The molecule has 2 aliphatic heterocycles. The van der Waals surface area contributed by atoms with Crippen molar-refractivity contribution in [3.8, 4) is 11.5 Å². The van der Waals surface area contributed by atoms with Crippen molar-refractivity contribution < 1.29 is 19.1 Å². The van der Waals surface area contributed by atoms with Crippen LogP contribution >= 0.6 is 0 Å². The van der Waals surface area contributed by atoms with Crippen molar-refractivity contribution in [1.29, 1.82) is 0 Å². The van der Waals surface area contributed by atoms with Crippen LogP contribution in [0.4, 0.5) is 4.79 Å². The lowest BCUT2D eigenvalue weighted by molar-refractivity contribution is -0.124. The van der Waals surface area contributed by atoms with Gasteiger partial charge in [-0.2, -0.15) is 0 Å². The first-order chi connectivity index (χ1) is 12.5. The van der Waals surface area contributed by atoms with Gasteiger partial charge in [-0.15, -0.1) is 6.58 Å². The molecule has 3 rings (SSSR count). The highest BCUT2D eigenvalue weighted by Gasteiger charge is 2.43. The zero-order valence-corrected chi connectivity index (χ0v) is 15.3. The Hall–Kier alpha value is -2.70. The van der Waals surface area contributed by atoms with Gasteiger partial charge in [-0.3, -0.25) is 4.79 Å². The molecule has 0 radical (unpaired) electrons. The van der Waals surface area contributed by atoms with Crippen LogP contribution in [0.2, 0.25) is 0 Å². The number of nitrogens with one attached hydrogen (secondary N) is 2. The van der Waals surface area contributed by atoms with E-state index in [4.69, 9.17) is 9.47 Å². The third-order valence-electron chi connectivity index (χ3n) is 5.16. The van der Waals surface area contributed by atoms with Crippen molar-refractivity contribution in [2.45, 2.75) is 24.8 Å². The van der Waals surface area contributed by atoms with Gasteiger partial charge >= 0.3 is 6.03 Å². The quantitative estimate of drug-likeness (QED) is 0.800. The maximum atomic E-state index is 12.3. The normalized spacial score (nSPS) is 17.9. The zero-order valence-electron chi connectivity index (χ0n) is 15.3. The second-order valence-electron chi connectivity index (χ2n) is 6.63. The van der Waals surface area contributed by atoms with E-state index in [1.54, 1.807) is 25.2 Å². The molecule has 0 unspecified atom stereocenters. The zero-order chi connectivity index (χ0) is 18.7. The Balaban J connectivity index is 1.87. The van der Waals surface area contributed by atoms with Gasteiger partial charge in [0.25, 0.3) is 0 Å². The lowest BCUT2D eigenvalue weighted by Gasteiger charge is -2.45. The standard InChI is InChI=1S/C19H25N3O4/c1-4-7-20-18(24)22-8-5-19(6-9-22)14-12-16(26-3)15(25-2)10-13(14)11-17(23)21-19/h4,10,12H,1,5-9,11H2,2-3H3,(H,20,24)(H,21,23). The van der Waals surface area contributed by atoms with Gasteiger partial charge in [0, 0.05) is 19.6 Å². The van der Waals surface area contributed by atoms with E-state index in [9.17, 15) is 9.59 Å². The highest BCUT2D eigenvalue weighted by molar-refractivity contribution is 5.83. The summed E-state index contributed by atoms with van der Waals surface area (Å²) in [6.07, 6.45) is 3.28. The minimum atomic E-state index is -0.473. The number of piperidine rings is 1. The summed E-state index contributed by atoms with van der Waals surface area (Å²) in [6, 6.07) is 3.74. The van der Waals surface area contributed by atoms with Crippen LogP contribution in [0.25, 0.3) is 0 Å². The number of benzene rings is 1. The summed E-state index contributed by atoms with van der Waals surface area (Å²) < 4.78 is 10.8.